The first-order chi connectivity index (χ1) is 6.07. The summed E-state index contributed by atoms with van der Waals surface area (Å²) in [6, 6.07) is 0. The van der Waals surface area contributed by atoms with E-state index in [9.17, 15) is 15.0 Å². The van der Waals surface area contributed by atoms with Gasteiger partial charge in [-0.2, -0.15) is 0 Å². The number of aliphatic carboxylic acids is 1. The van der Waals surface area contributed by atoms with Gasteiger partial charge in [0.25, 0.3) is 0 Å². The molecule has 0 aliphatic heterocycles. The van der Waals surface area contributed by atoms with Gasteiger partial charge in [0, 0.05) is 12.4 Å². The molecule has 84 valence electrons. The molecule has 0 amide bonds. The Morgan fingerprint density at radius 3 is 2.07 bits per heavy atom. The van der Waals surface area contributed by atoms with Crippen LogP contribution in [0.2, 0.25) is 0 Å². The Balaban J connectivity index is 4.64. The third kappa shape index (κ3) is 4.58. The van der Waals surface area contributed by atoms with Crippen LogP contribution in [0.25, 0.3) is 0 Å². The zero-order valence-corrected chi connectivity index (χ0v) is 9.70. The lowest BCUT2D eigenvalue weighted by Gasteiger charge is -2.38. The first kappa shape index (κ1) is 13.4. The van der Waals surface area contributed by atoms with Gasteiger partial charge in [-0.25, -0.2) is 0 Å². The fourth-order valence-corrected chi connectivity index (χ4v) is 1.51. The van der Waals surface area contributed by atoms with Crippen molar-refractivity contribution < 1.29 is 19.5 Å². The molecule has 1 unspecified atom stereocenters. The number of likely N-dealkylation sites (N-methyl/N-ethyl adjacent to an activating group) is 1. The van der Waals surface area contributed by atoms with Gasteiger partial charge in [0.1, 0.15) is 12.1 Å². The van der Waals surface area contributed by atoms with Crippen LogP contribution in [0.5, 0.6) is 0 Å². The minimum Gasteiger partial charge on any atom is -0.550 e. The molecule has 0 heterocycles. The average molecular weight is 203 g/mol. The van der Waals surface area contributed by atoms with E-state index in [0.717, 1.165) is 0 Å². The predicted molar refractivity (Wildman–Crippen MR) is 52.3 cm³/mol. The second-order valence-electron chi connectivity index (χ2n) is 5.26. The van der Waals surface area contributed by atoms with E-state index in [1.54, 1.807) is 0 Å². The molecular formula is C10H21NO3. The number of hydrogen-bond donors (Lipinski definition) is 1. The maximum Gasteiger partial charge on any atom is 0.121 e. The molecular weight excluding hydrogens is 182 g/mol. The van der Waals surface area contributed by atoms with Crippen molar-refractivity contribution in [2.45, 2.75) is 25.9 Å². The number of carboxylic acid groups (broad SMARTS) is 1. The predicted octanol–water partition coefficient (Wildman–Crippen LogP) is -0.780. The van der Waals surface area contributed by atoms with Crippen LogP contribution < -0.4 is 5.11 Å². The van der Waals surface area contributed by atoms with Crippen molar-refractivity contribution in [2.24, 2.45) is 5.92 Å². The summed E-state index contributed by atoms with van der Waals surface area (Å²) >= 11 is 0. The van der Waals surface area contributed by atoms with E-state index in [0.29, 0.717) is 11.0 Å². The van der Waals surface area contributed by atoms with Crippen LogP contribution in [0, 0.1) is 5.92 Å². The van der Waals surface area contributed by atoms with Gasteiger partial charge in [-0.1, -0.05) is 13.8 Å². The molecule has 14 heavy (non-hydrogen) atoms. The number of carboxylic acids is 1. The summed E-state index contributed by atoms with van der Waals surface area (Å²) in [7, 11) is 5.76. The Labute approximate surface area is 85.7 Å². The fourth-order valence-electron chi connectivity index (χ4n) is 1.51. The average Bonchev–Trinajstić information content (AvgIpc) is 1.79. The van der Waals surface area contributed by atoms with Gasteiger partial charge in [-0.05, 0) is 5.92 Å². The number of carbonyl (C=O) groups is 1. The van der Waals surface area contributed by atoms with Crippen LogP contribution in [-0.4, -0.2) is 48.8 Å². The van der Waals surface area contributed by atoms with Gasteiger partial charge >= 0.3 is 0 Å². The van der Waals surface area contributed by atoms with Crippen LogP contribution in [0.4, 0.5) is 0 Å². The molecule has 0 rings (SSSR count). The topological polar surface area (TPSA) is 60.4 Å². The van der Waals surface area contributed by atoms with Crippen LogP contribution in [0.15, 0.2) is 0 Å². The summed E-state index contributed by atoms with van der Waals surface area (Å²) in [5, 5.41) is 20.7. The minimum absolute atomic E-state index is 0.0993. The molecule has 0 aromatic heterocycles. The van der Waals surface area contributed by atoms with Crippen molar-refractivity contribution in [3.8, 4) is 0 Å². The largest absolute Gasteiger partial charge is 0.550 e. The Kier molecular flexibility index (Phi) is 4.09. The number of quaternary nitrogens is 1. The summed E-state index contributed by atoms with van der Waals surface area (Å²) in [5.41, 5.74) is -1.18. The second-order valence-corrected chi connectivity index (χ2v) is 5.26. The quantitative estimate of drug-likeness (QED) is 0.596. The van der Waals surface area contributed by atoms with E-state index >= 15 is 0 Å². The Morgan fingerprint density at radius 1 is 1.43 bits per heavy atom. The molecule has 0 aliphatic carbocycles. The highest BCUT2D eigenvalue weighted by Crippen LogP contribution is 2.23. The Morgan fingerprint density at radius 2 is 1.86 bits per heavy atom. The summed E-state index contributed by atoms with van der Waals surface area (Å²) in [6.45, 7) is 4.04. The third-order valence-electron chi connectivity index (χ3n) is 2.27. The number of aliphatic hydroxyl groups is 1. The first-order valence-electron chi connectivity index (χ1n) is 4.79. The Hall–Kier alpha value is -0.610. The highest BCUT2D eigenvalue weighted by atomic mass is 16.4. The maximum absolute atomic E-state index is 10.5. The van der Waals surface area contributed by atoms with Crippen molar-refractivity contribution in [3.63, 3.8) is 0 Å². The normalized spacial score (nSPS) is 16.8. The molecule has 0 aliphatic rings. The van der Waals surface area contributed by atoms with Gasteiger partial charge in [0.05, 0.1) is 21.1 Å². The molecule has 0 saturated heterocycles. The van der Waals surface area contributed by atoms with E-state index in [-0.39, 0.29) is 12.3 Å². The first-order valence-corrected chi connectivity index (χ1v) is 4.79. The van der Waals surface area contributed by atoms with E-state index in [4.69, 9.17) is 0 Å². The highest BCUT2D eigenvalue weighted by Gasteiger charge is 2.36. The van der Waals surface area contributed by atoms with Gasteiger partial charge in [0.2, 0.25) is 0 Å². The highest BCUT2D eigenvalue weighted by molar-refractivity contribution is 5.65. The van der Waals surface area contributed by atoms with Gasteiger partial charge in [-0.15, -0.1) is 0 Å². The lowest BCUT2D eigenvalue weighted by Crippen LogP contribution is -2.54. The molecule has 0 bridgehead atoms. The molecule has 0 aromatic rings. The molecule has 0 fully saturated rings. The molecule has 0 spiro atoms. The van der Waals surface area contributed by atoms with E-state index in [1.165, 1.54) is 0 Å². The number of nitrogens with zero attached hydrogens (tertiary/aromatic N) is 1. The molecule has 0 saturated carbocycles. The standard InChI is InChI=1S/C10H21NO3/c1-8(2)10(14,6-9(12)13)7-11(3,4)5/h8,14H,6-7H2,1-5H3. The van der Waals surface area contributed by atoms with Crippen molar-refractivity contribution in [1.29, 1.82) is 0 Å². The van der Waals surface area contributed by atoms with E-state index in [1.807, 2.05) is 35.0 Å². The number of hydrogen-bond acceptors (Lipinski definition) is 3. The lowest BCUT2D eigenvalue weighted by molar-refractivity contribution is -0.877. The monoisotopic (exact) mass is 203 g/mol. The minimum atomic E-state index is -1.20. The van der Waals surface area contributed by atoms with Crippen LogP contribution in [0.3, 0.4) is 0 Å². The number of rotatable bonds is 5. The zero-order chi connectivity index (χ0) is 11.6. The molecule has 4 nitrogen and oxygen atoms in total. The third-order valence-corrected chi connectivity index (χ3v) is 2.27. The van der Waals surface area contributed by atoms with Crippen LogP contribution in [0.1, 0.15) is 20.3 Å². The second kappa shape index (κ2) is 4.28. The molecule has 1 N–H and O–H groups in total. The molecule has 1 atom stereocenters. The van der Waals surface area contributed by atoms with Crippen molar-refractivity contribution in [3.05, 3.63) is 0 Å². The summed E-state index contributed by atoms with van der Waals surface area (Å²) in [6.07, 6.45) is -0.305. The Bertz CT molecular complexity index is 208. The summed E-state index contributed by atoms with van der Waals surface area (Å²) in [4.78, 5) is 10.5. The zero-order valence-electron chi connectivity index (χ0n) is 9.70. The van der Waals surface area contributed by atoms with E-state index in [2.05, 4.69) is 0 Å². The smallest absolute Gasteiger partial charge is 0.121 e. The van der Waals surface area contributed by atoms with Crippen LogP contribution in [-0.2, 0) is 4.79 Å². The molecule has 0 aromatic carbocycles. The summed E-state index contributed by atoms with van der Waals surface area (Å²) < 4.78 is 0.530. The van der Waals surface area contributed by atoms with Gasteiger partial charge in [0.15, 0.2) is 0 Å². The molecule has 4 heteroatoms. The number of carbonyl (C=O) groups excluding carboxylic acids is 1. The van der Waals surface area contributed by atoms with Crippen molar-refractivity contribution in [2.75, 3.05) is 27.7 Å². The van der Waals surface area contributed by atoms with E-state index < -0.39 is 11.6 Å². The van der Waals surface area contributed by atoms with Gasteiger partial charge < -0.3 is 19.5 Å². The van der Waals surface area contributed by atoms with Crippen molar-refractivity contribution >= 4 is 5.97 Å². The van der Waals surface area contributed by atoms with Crippen LogP contribution >= 0.6 is 0 Å². The van der Waals surface area contributed by atoms with Crippen molar-refractivity contribution in [1.82, 2.24) is 0 Å². The SMILES string of the molecule is CC(C)C(O)(CC(=O)[O-])C[N+](C)(C)C. The summed E-state index contributed by atoms with van der Waals surface area (Å²) in [5.74, 6) is -1.30. The maximum atomic E-state index is 10.5. The van der Waals surface area contributed by atoms with Gasteiger partial charge in [-0.3, -0.25) is 0 Å². The molecule has 0 radical (unpaired) electrons. The lowest BCUT2D eigenvalue weighted by atomic mass is 9.86. The fraction of sp³-hybridized carbons (Fsp3) is 0.900.